The van der Waals surface area contributed by atoms with Gasteiger partial charge in [-0.3, -0.25) is 9.69 Å². The van der Waals surface area contributed by atoms with Gasteiger partial charge in [-0.15, -0.1) is 0 Å². The van der Waals surface area contributed by atoms with E-state index in [1.807, 2.05) is 4.90 Å². The van der Waals surface area contributed by atoms with Crippen LogP contribution in [0.2, 0.25) is 0 Å². The van der Waals surface area contributed by atoms with Crippen molar-refractivity contribution in [3.63, 3.8) is 0 Å². The zero-order valence-corrected chi connectivity index (χ0v) is 16.5. The van der Waals surface area contributed by atoms with Crippen LogP contribution >= 0.6 is 0 Å². The van der Waals surface area contributed by atoms with Crippen molar-refractivity contribution < 1.29 is 27.8 Å². The highest BCUT2D eigenvalue weighted by atomic mass is 19.3. The summed E-state index contributed by atoms with van der Waals surface area (Å²) >= 11 is 0. The van der Waals surface area contributed by atoms with E-state index in [-0.39, 0.29) is 11.5 Å². The first-order chi connectivity index (χ1) is 13.1. The highest BCUT2D eigenvalue weighted by molar-refractivity contribution is 6.03. The quantitative estimate of drug-likeness (QED) is 0.546. The van der Waals surface area contributed by atoms with Gasteiger partial charge in [-0.05, 0) is 51.1 Å². The Morgan fingerprint density at radius 1 is 1.18 bits per heavy atom. The first-order valence-corrected chi connectivity index (χ1v) is 8.71. The van der Waals surface area contributed by atoms with Crippen LogP contribution in [0.15, 0.2) is 24.3 Å². The molecule has 0 radical (unpaired) electrons. The van der Waals surface area contributed by atoms with E-state index in [4.69, 9.17) is 4.74 Å². The summed E-state index contributed by atoms with van der Waals surface area (Å²) in [7, 11) is 3.09. The van der Waals surface area contributed by atoms with Crippen LogP contribution in [0.5, 0.6) is 5.75 Å². The fourth-order valence-electron chi connectivity index (χ4n) is 3.01. The molecule has 0 saturated carbocycles. The Bertz CT molecular complexity index is 847. The fourth-order valence-corrected chi connectivity index (χ4v) is 3.01. The number of aromatic amines is 1. The van der Waals surface area contributed by atoms with Gasteiger partial charge in [0.1, 0.15) is 5.75 Å². The minimum Gasteiger partial charge on any atom is -0.465 e. The highest BCUT2D eigenvalue weighted by Gasteiger charge is 2.27. The normalized spacial score (nSPS) is 12.3. The molecular weight excluding hydrogens is 370 g/mol. The first-order valence-electron chi connectivity index (χ1n) is 8.71. The smallest absolute Gasteiger partial charge is 0.387 e. The Hall–Kier alpha value is -2.74. The minimum absolute atomic E-state index is 0.0818. The number of nitrogens with zero attached hydrogens (tertiary/aromatic N) is 1. The van der Waals surface area contributed by atoms with Crippen LogP contribution in [-0.2, 0) is 11.3 Å². The van der Waals surface area contributed by atoms with Gasteiger partial charge < -0.3 is 14.5 Å². The predicted molar refractivity (Wildman–Crippen MR) is 99.9 cm³/mol. The predicted octanol–water partition coefficient (Wildman–Crippen LogP) is 3.72. The molecule has 0 fully saturated rings. The largest absolute Gasteiger partial charge is 0.465 e. The number of halogens is 2. The van der Waals surface area contributed by atoms with Crippen molar-refractivity contribution in [2.75, 3.05) is 14.2 Å². The van der Waals surface area contributed by atoms with E-state index >= 15 is 0 Å². The van der Waals surface area contributed by atoms with Gasteiger partial charge in [-0.2, -0.15) is 8.78 Å². The Labute approximate surface area is 162 Å². The number of rotatable bonds is 8. The number of hydrogen-bond donors (Lipinski definition) is 1. The van der Waals surface area contributed by atoms with Gasteiger partial charge in [-0.25, -0.2) is 4.79 Å². The molecule has 0 aliphatic carbocycles. The van der Waals surface area contributed by atoms with Crippen molar-refractivity contribution >= 4 is 11.8 Å². The number of ether oxygens (including phenoxy) is 2. The molecule has 0 aliphatic rings. The molecule has 2 aromatic rings. The van der Waals surface area contributed by atoms with Crippen molar-refractivity contribution in [3.8, 4) is 5.75 Å². The van der Waals surface area contributed by atoms with E-state index in [1.165, 1.54) is 19.2 Å². The number of ketones is 1. The molecule has 0 bridgehead atoms. The molecule has 0 amide bonds. The molecule has 0 saturated heterocycles. The first kappa shape index (κ1) is 21.6. The standard InChI is InChI=1S/C20H24F2N2O4/c1-11-16(19(26)27-5)12(2)23-17(11)18(25)13(3)24(4)10-14-6-8-15(9-7-14)28-20(21)22/h6-9,13,20,23H,10H2,1-5H3/t13-/m0/s1. The van der Waals surface area contributed by atoms with E-state index in [9.17, 15) is 18.4 Å². The topological polar surface area (TPSA) is 71.6 Å². The number of alkyl halides is 2. The average Bonchev–Trinajstić information content (AvgIpc) is 2.95. The zero-order chi connectivity index (χ0) is 21.0. The van der Waals surface area contributed by atoms with Gasteiger partial charge in [0.05, 0.1) is 24.4 Å². The third-order valence-corrected chi connectivity index (χ3v) is 4.69. The summed E-state index contributed by atoms with van der Waals surface area (Å²) in [5.74, 6) is -0.563. The maximum atomic E-state index is 12.9. The SMILES string of the molecule is COC(=O)c1c(C)[nH]c(C(=O)[C@H](C)N(C)Cc2ccc(OC(F)F)cc2)c1C. The monoisotopic (exact) mass is 394 g/mol. The molecule has 1 heterocycles. The number of hydrogen-bond acceptors (Lipinski definition) is 5. The number of carbonyl (C=O) groups is 2. The Morgan fingerprint density at radius 3 is 2.32 bits per heavy atom. The summed E-state index contributed by atoms with van der Waals surface area (Å²) < 4.78 is 33.5. The second-order valence-corrected chi connectivity index (χ2v) is 6.59. The van der Waals surface area contributed by atoms with Crippen LogP contribution in [0.1, 0.15) is 44.6 Å². The maximum Gasteiger partial charge on any atom is 0.387 e. The number of likely N-dealkylation sites (N-methyl/N-ethyl adjacent to an activating group) is 1. The van der Waals surface area contributed by atoms with Crippen molar-refractivity contribution in [2.45, 2.75) is 40.0 Å². The summed E-state index contributed by atoms with van der Waals surface area (Å²) in [4.78, 5) is 29.7. The molecule has 152 valence electrons. The van der Waals surface area contributed by atoms with Crippen molar-refractivity contribution in [1.29, 1.82) is 0 Å². The van der Waals surface area contributed by atoms with Crippen LogP contribution in [-0.4, -0.2) is 48.4 Å². The lowest BCUT2D eigenvalue weighted by molar-refractivity contribution is -0.0498. The number of aryl methyl sites for hydroxylation is 1. The number of aromatic nitrogens is 1. The molecule has 0 spiro atoms. The molecule has 0 unspecified atom stereocenters. The number of benzene rings is 1. The zero-order valence-electron chi connectivity index (χ0n) is 16.5. The second-order valence-electron chi connectivity index (χ2n) is 6.59. The molecule has 6 nitrogen and oxygen atoms in total. The van der Waals surface area contributed by atoms with Crippen LogP contribution < -0.4 is 4.74 Å². The van der Waals surface area contributed by atoms with E-state index < -0.39 is 18.6 Å². The molecular formula is C20H24F2N2O4. The summed E-state index contributed by atoms with van der Waals surface area (Å²) in [5.41, 5.74) is 2.73. The summed E-state index contributed by atoms with van der Waals surface area (Å²) in [6.45, 7) is 2.76. The molecule has 1 aromatic carbocycles. The van der Waals surface area contributed by atoms with E-state index in [0.29, 0.717) is 29.1 Å². The van der Waals surface area contributed by atoms with Gasteiger partial charge in [0, 0.05) is 12.2 Å². The Kier molecular flexibility index (Phi) is 6.90. The fraction of sp³-hybridized carbons (Fsp3) is 0.400. The maximum absolute atomic E-state index is 12.9. The summed E-state index contributed by atoms with van der Waals surface area (Å²) in [6, 6.07) is 5.79. The van der Waals surface area contributed by atoms with Crippen LogP contribution in [0.3, 0.4) is 0 Å². The molecule has 28 heavy (non-hydrogen) atoms. The van der Waals surface area contributed by atoms with Gasteiger partial charge in [-0.1, -0.05) is 12.1 Å². The Morgan fingerprint density at radius 2 is 1.79 bits per heavy atom. The van der Waals surface area contributed by atoms with Crippen molar-refractivity contribution in [2.24, 2.45) is 0 Å². The van der Waals surface area contributed by atoms with Crippen molar-refractivity contribution in [3.05, 3.63) is 52.3 Å². The number of Topliss-reactive ketones (excluding diaryl/α,β-unsaturated/α-hetero) is 1. The molecule has 2 rings (SSSR count). The van der Waals surface area contributed by atoms with Gasteiger partial charge in [0.25, 0.3) is 0 Å². The lowest BCUT2D eigenvalue weighted by Crippen LogP contribution is -2.36. The summed E-state index contributed by atoms with van der Waals surface area (Å²) in [6.07, 6.45) is 0. The number of nitrogens with one attached hydrogen (secondary N) is 1. The minimum atomic E-state index is -2.87. The third kappa shape index (κ3) is 4.75. The van der Waals surface area contributed by atoms with Gasteiger partial charge in [0.15, 0.2) is 5.78 Å². The lowest BCUT2D eigenvalue weighted by atomic mass is 10.0. The number of esters is 1. The third-order valence-electron chi connectivity index (χ3n) is 4.69. The van der Waals surface area contributed by atoms with Crippen molar-refractivity contribution in [1.82, 2.24) is 9.88 Å². The van der Waals surface area contributed by atoms with Gasteiger partial charge >= 0.3 is 12.6 Å². The van der Waals surface area contributed by atoms with Crippen LogP contribution in [0.4, 0.5) is 8.78 Å². The van der Waals surface area contributed by atoms with E-state index in [0.717, 1.165) is 5.56 Å². The van der Waals surface area contributed by atoms with Crippen LogP contribution in [0, 0.1) is 13.8 Å². The molecule has 0 aliphatic heterocycles. The summed E-state index contributed by atoms with van der Waals surface area (Å²) in [5, 5.41) is 0. The molecule has 1 aromatic heterocycles. The average molecular weight is 394 g/mol. The van der Waals surface area contributed by atoms with E-state index in [2.05, 4.69) is 9.72 Å². The number of H-pyrrole nitrogens is 1. The highest BCUT2D eigenvalue weighted by Crippen LogP contribution is 2.22. The number of methoxy groups -OCH3 is 1. The van der Waals surface area contributed by atoms with E-state index in [1.54, 1.807) is 40.0 Å². The second kappa shape index (κ2) is 8.97. The van der Waals surface area contributed by atoms with Gasteiger partial charge in [0.2, 0.25) is 0 Å². The molecule has 8 heteroatoms. The number of carbonyl (C=O) groups excluding carboxylic acids is 2. The molecule has 1 N–H and O–H groups in total. The van der Waals surface area contributed by atoms with Crippen LogP contribution in [0.25, 0.3) is 0 Å². The lowest BCUT2D eigenvalue weighted by Gasteiger charge is -2.23. The molecule has 1 atom stereocenters. The Balaban J connectivity index is 2.11.